The molecule has 1 aromatic rings. The molecular weight excluding hydrogens is 324 g/mol. The summed E-state index contributed by atoms with van der Waals surface area (Å²) in [6, 6.07) is 0.130. The Labute approximate surface area is 119 Å². The summed E-state index contributed by atoms with van der Waals surface area (Å²) in [7, 11) is 0.912. The number of halogens is 6. The van der Waals surface area contributed by atoms with E-state index < -0.39 is 41.4 Å². The molecule has 1 heterocycles. The van der Waals surface area contributed by atoms with Crippen LogP contribution in [0.1, 0.15) is 22.8 Å². The number of rotatable bonds is 4. The minimum atomic E-state index is -5.40. The molecule has 0 aromatic carbocycles. The summed E-state index contributed by atoms with van der Waals surface area (Å²) in [5, 5.41) is 0. The number of aromatic nitrogens is 1. The Morgan fingerprint density at radius 2 is 1.77 bits per heavy atom. The number of ether oxygens (including phenoxy) is 3. The molecule has 0 aliphatic heterocycles. The molecule has 0 atom stereocenters. The van der Waals surface area contributed by atoms with E-state index in [-0.39, 0.29) is 12.7 Å². The van der Waals surface area contributed by atoms with E-state index in [0.717, 1.165) is 7.11 Å². The number of esters is 1. The van der Waals surface area contributed by atoms with Crippen molar-refractivity contribution in [3.63, 3.8) is 0 Å². The average Bonchev–Trinajstić information content (AvgIpc) is 2.35. The normalized spacial score (nSPS) is 12.0. The largest absolute Gasteiger partial charge is 0.574 e. The van der Waals surface area contributed by atoms with Gasteiger partial charge in [-0.3, -0.25) is 0 Å². The topological polar surface area (TPSA) is 57.7 Å². The summed E-state index contributed by atoms with van der Waals surface area (Å²) in [4.78, 5) is 14.5. The lowest BCUT2D eigenvalue weighted by Gasteiger charge is -2.16. The van der Waals surface area contributed by atoms with Gasteiger partial charge in [-0.15, -0.1) is 13.2 Å². The highest BCUT2D eigenvalue weighted by atomic mass is 19.4. The fourth-order valence-corrected chi connectivity index (χ4v) is 1.38. The molecule has 5 nitrogen and oxygen atoms in total. The Balaban J connectivity index is 3.49. The van der Waals surface area contributed by atoms with Gasteiger partial charge in [0, 0.05) is 0 Å². The predicted molar refractivity (Wildman–Crippen MR) is 58.4 cm³/mol. The predicted octanol–water partition coefficient (Wildman–Crippen LogP) is 3.18. The molecule has 0 N–H and O–H groups in total. The number of hydrogen-bond acceptors (Lipinski definition) is 5. The van der Waals surface area contributed by atoms with E-state index in [1.165, 1.54) is 6.92 Å². The van der Waals surface area contributed by atoms with Crippen LogP contribution in [0.25, 0.3) is 0 Å². The number of pyridine rings is 1. The van der Waals surface area contributed by atoms with E-state index in [4.69, 9.17) is 0 Å². The van der Waals surface area contributed by atoms with Crippen LogP contribution in [-0.4, -0.2) is 31.0 Å². The van der Waals surface area contributed by atoms with Gasteiger partial charge in [-0.05, 0) is 13.0 Å². The van der Waals surface area contributed by atoms with E-state index in [0.29, 0.717) is 0 Å². The molecule has 0 bridgehead atoms. The van der Waals surface area contributed by atoms with Gasteiger partial charge in [0.1, 0.15) is 11.1 Å². The second-order valence-electron chi connectivity index (χ2n) is 3.66. The Bertz CT molecular complexity index is 555. The molecule has 0 saturated carbocycles. The molecule has 0 aliphatic carbocycles. The SMILES string of the molecule is CCOC(=O)c1cc(C(F)(F)F)c(OC(F)(F)F)nc1OC. The lowest BCUT2D eigenvalue weighted by Crippen LogP contribution is -2.22. The summed E-state index contributed by atoms with van der Waals surface area (Å²) in [5.41, 5.74) is -2.65. The van der Waals surface area contributed by atoms with Crippen LogP contribution >= 0.6 is 0 Å². The van der Waals surface area contributed by atoms with E-state index in [2.05, 4.69) is 19.2 Å². The summed E-state index contributed by atoms with van der Waals surface area (Å²) < 4.78 is 87.1. The van der Waals surface area contributed by atoms with E-state index in [1.54, 1.807) is 0 Å². The summed E-state index contributed by atoms with van der Waals surface area (Å²) in [5.74, 6) is -3.79. The first kappa shape index (κ1) is 17.9. The quantitative estimate of drug-likeness (QED) is 0.626. The van der Waals surface area contributed by atoms with Crippen molar-refractivity contribution in [2.75, 3.05) is 13.7 Å². The number of methoxy groups -OCH3 is 1. The van der Waals surface area contributed by atoms with Crippen LogP contribution < -0.4 is 9.47 Å². The van der Waals surface area contributed by atoms with Gasteiger partial charge in [0.05, 0.1) is 13.7 Å². The number of carbonyl (C=O) groups is 1. The third-order valence-corrected chi connectivity index (χ3v) is 2.16. The summed E-state index contributed by atoms with van der Waals surface area (Å²) >= 11 is 0. The van der Waals surface area contributed by atoms with Crippen molar-refractivity contribution in [1.82, 2.24) is 4.98 Å². The molecule has 11 heteroatoms. The average molecular weight is 333 g/mol. The fraction of sp³-hybridized carbons (Fsp3) is 0.455. The molecule has 1 aromatic heterocycles. The van der Waals surface area contributed by atoms with Gasteiger partial charge in [-0.2, -0.15) is 18.2 Å². The highest BCUT2D eigenvalue weighted by Gasteiger charge is 2.42. The summed E-state index contributed by atoms with van der Waals surface area (Å²) in [6.07, 6.45) is -10.6. The second-order valence-corrected chi connectivity index (χ2v) is 3.66. The first-order valence-electron chi connectivity index (χ1n) is 5.58. The van der Waals surface area contributed by atoms with Gasteiger partial charge < -0.3 is 14.2 Å². The second kappa shape index (κ2) is 6.28. The molecule has 22 heavy (non-hydrogen) atoms. The van der Waals surface area contributed by atoms with E-state index in [9.17, 15) is 31.1 Å². The van der Waals surface area contributed by atoms with Gasteiger partial charge in [-0.1, -0.05) is 0 Å². The van der Waals surface area contributed by atoms with Crippen LogP contribution in [-0.2, 0) is 10.9 Å². The van der Waals surface area contributed by atoms with Crippen molar-refractivity contribution in [2.45, 2.75) is 19.5 Å². The Morgan fingerprint density at radius 3 is 2.18 bits per heavy atom. The van der Waals surface area contributed by atoms with Crippen molar-refractivity contribution in [3.8, 4) is 11.8 Å². The van der Waals surface area contributed by atoms with Crippen molar-refractivity contribution in [2.24, 2.45) is 0 Å². The van der Waals surface area contributed by atoms with Gasteiger partial charge in [0.2, 0.25) is 11.8 Å². The molecule has 0 unspecified atom stereocenters. The van der Waals surface area contributed by atoms with E-state index in [1.807, 2.05) is 0 Å². The van der Waals surface area contributed by atoms with Crippen molar-refractivity contribution in [1.29, 1.82) is 0 Å². The standard InChI is InChI=1S/C11H9F6NO4/c1-3-21-9(19)5-4-6(10(12,13)14)8(18-7(5)20-2)22-11(15,16)17/h4H,3H2,1-2H3. The maximum absolute atomic E-state index is 12.8. The molecule has 0 saturated heterocycles. The number of nitrogens with zero attached hydrogens (tertiary/aromatic N) is 1. The third kappa shape index (κ3) is 4.40. The van der Waals surface area contributed by atoms with Crippen LogP contribution in [0, 0.1) is 0 Å². The smallest absolute Gasteiger partial charge is 0.480 e. The Kier molecular flexibility index (Phi) is 5.09. The molecule has 0 spiro atoms. The van der Waals surface area contributed by atoms with Crippen molar-refractivity contribution < 1.29 is 45.3 Å². The summed E-state index contributed by atoms with van der Waals surface area (Å²) in [6.45, 7) is 1.23. The van der Waals surface area contributed by atoms with Crippen LogP contribution in [0.4, 0.5) is 26.3 Å². The van der Waals surface area contributed by atoms with Gasteiger partial charge >= 0.3 is 18.5 Å². The lowest BCUT2D eigenvalue weighted by molar-refractivity contribution is -0.277. The zero-order valence-corrected chi connectivity index (χ0v) is 11.1. The first-order valence-corrected chi connectivity index (χ1v) is 5.58. The first-order chi connectivity index (χ1) is 9.99. The lowest BCUT2D eigenvalue weighted by atomic mass is 10.1. The minimum absolute atomic E-state index is 0.130. The number of hydrogen-bond donors (Lipinski definition) is 0. The minimum Gasteiger partial charge on any atom is -0.480 e. The van der Waals surface area contributed by atoms with Crippen LogP contribution in [0.5, 0.6) is 11.8 Å². The van der Waals surface area contributed by atoms with Crippen LogP contribution in [0.2, 0.25) is 0 Å². The van der Waals surface area contributed by atoms with Gasteiger partial charge in [0.15, 0.2) is 0 Å². The monoisotopic (exact) mass is 333 g/mol. The highest BCUT2D eigenvalue weighted by molar-refractivity contribution is 5.92. The molecule has 1 rings (SSSR count). The van der Waals surface area contributed by atoms with Crippen LogP contribution in [0.3, 0.4) is 0 Å². The molecule has 0 amide bonds. The maximum atomic E-state index is 12.8. The number of carbonyl (C=O) groups excluding carboxylic acids is 1. The third-order valence-electron chi connectivity index (χ3n) is 2.16. The van der Waals surface area contributed by atoms with Crippen molar-refractivity contribution in [3.05, 3.63) is 17.2 Å². The fourth-order valence-electron chi connectivity index (χ4n) is 1.38. The Hall–Kier alpha value is -2.20. The highest BCUT2D eigenvalue weighted by Crippen LogP contribution is 2.39. The molecular formula is C11H9F6NO4. The van der Waals surface area contributed by atoms with E-state index >= 15 is 0 Å². The molecule has 0 fully saturated rings. The van der Waals surface area contributed by atoms with Gasteiger partial charge in [0.25, 0.3) is 0 Å². The van der Waals surface area contributed by atoms with Gasteiger partial charge in [-0.25, -0.2) is 4.79 Å². The van der Waals surface area contributed by atoms with Crippen molar-refractivity contribution >= 4 is 5.97 Å². The number of alkyl halides is 6. The molecule has 0 radical (unpaired) electrons. The Morgan fingerprint density at radius 1 is 1.18 bits per heavy atom. The van der Waals surface area contributed by atoms with Crippen LogP contribution in [0.15, 0.2) is 6.07 Å². The maximum Gasteiger partial charge on any atom is 0.574 e. The zero-order chi connectivity index (χ0) is 17.1. The molecule has 124 valence electrons. The zero-order valence-electron chi connectivity index (χ0n) is 11.1. The molecule has 0 aliphatic rings.